The van der Waals surface area contributed by atoms with E-state index in [9.17, 15) is 26.0 Å². The van der Waals surface area contributed by atoms with Crippen LogP contribution in [0.1, 0.15) is 5.76 Å². The van der Waals surface area contributed by atoms with Crippen LogP contribution < -0.4 is 4.72 Å². The fourth-order valence-electron chi connectivity index (χ4n) is 0.927. The highest BCUT2D eigenvalue weighted by Crippen LogP contribution is 2.22. The zero-order valence-corrected chi connectivity index (χ0v) is 9.55. The van der Waals surface area contributed by atoms with Crippen molar-refractivity contribution in [2.45, 2.75) is 24.0 Å². The summed E-state index contributed by atoms with van der Waals surface area (Å²) in [5.74, 6) is -4.57. The van der Waals surface area contributed by atoms with Gasteiger partial charge < -0.3 is 9.52 Å². The van der Waals surface area contributed by atoms with Crippen LogP contribution in [0.5, 0.6) is 0 Å². The lowest BCUT2D eigenvalue weighted by Gasteiger charge is -2.15. The summed E-state index contributed by atoms with van der Waals surface area (Å²) in [5, 5.41) is 7.88. The summed E-state index contributed by atoms with van der Waals surface area (Å²) in [4.78, 5) is 0. The lowest BCUT2D eigenvalue weighted by Crippen LogP contribution is -2.41. The van der Waals surface area contributed by atoms with Crippen molar-refractivity contribution >= 4 is 10.0 Å². The van der Waals surface area contributed by atoms with E-state index in [2.05, 4.69) is 4.42 Å². The number of rotatable bonds is 6. The molecule has 0 saturated carbocycles. The highest BCUT2D eigenvalue weighted by atomic mass is 32.2. The Morgan fingerprint density at radius 2 is 2.00 bits per heavy atom. The molecular formula is C8H9F4NO4S. The van der Waals surface area contributed by atoms with Crippen LogP contribution in [0.2, 0.25) is 0 Å². The van der Waals surface area contributed by atoms with Crippen LogP contribution in [0.3, 0.4) is 0 Å². The van der Waals surface area contributed by atoms with Crippen LogP contribution in [-0.2, 0) is 16.6 Å². The summed E-state index contributed by atoms with van der Waals surface area (Å²) in [5.41, 5.74) is 0. The Bertz CT molecular complexity index is 499. The van der Waals surface area contributed by atoms with Gasteiger partial charge in [0, 0.05) is 0 Å². The summed E-state index contributed by atoms with van der Waals surface area (Å²) in [6.07, 6.45) is -3.98. The van der Waals surface area contributed by atoms with E-state index in [1.165, 1.54) is 4.72 Å². The summed E-state index contributed by atoms with van der Waals surface area (Å²) in [6.45, 7) is -2.33. The van der Waals surface area contributed by atoms with Crippen LogP contribution in [0.25, 0.3) is 0 Å². The molecule has 0 aliphatic rings. The van der Waals surface area contributed by atoms with Gasteiger partial charge in [0.25, 0.3) is 10.0 Å². The SMILES string of the molecule is O=S(=O)(NCC(F)(F)C(F)F)c1ccc(CO)o1. The summed E-state index contributed by atoms with van der Waals surface area (Å²) in [7, 11) is -4.46. The van der Waals surface area contributed by atoms with Gasteiger partial charge in [-0.2, -0.15) is 8.78 Å². The molecule has 0 fully saturated rings. The second-order valence-electron chi connectivity index (χ2n) is 3.27. The molecule has 0 aromatic carbocycles. The van der Waals surface area contributed by atoms with Crippen LogP contribution in [0.4, 0.5) is 17.6 Å². The van der Waals surface area contributed by atoms with Crippen molar-refractivity contribution in [3.8, 4) is 0 Å². The lowest BCUT2D eigenvalue weighted by molar-refractivity contribution is -0.122. The van der Waals surface area contributed by atoms with Crippen molar-refractivity contribution in [3.05, 3.63) is 17.9 Å². The third kappa shape index (κ3) is 3.43. The summed E-state index contributed by atoms with van der Waals surface area (Å²) in [6, 6.07) is 2.02. The van der Waals surface area contributed by atoms with Crippen molar-refractivity contribution in [2.75, 3.05) is 6.54 Å². The summed E-state index contributed by atoms with van der Waals surface area (Å²) < 4.78 is 77.3. The monoisotopic (exact) mass is 291 g/mol. The number of nitrogens with one attached hydrogen (secondary N) is 1. The molecule has 0 spiro atoms. The zero-order valence-electron chi connectivity index (χ0n) is 8.74. The third-order valence-corrected chi connectivity index (χ3v) is 3.15. The van der Waals surface area contributed by atoms with Gasteiger partial charge in [-0.1, -0.05) is 0 Å². The molecule has 0 bridgehead atoms. The fraction of sp³-hybridized carbons (Fsp3) is 0.500. The maximum Gasteiger partial charge on any atom is 0.320 e. The van der Waals surface area contributed by atoms with E-state index in [1.807, 2.05) is 0 Å². The number of furan rings is 1. The number of alkyl halides is 4. The number of sulfonamides is 1. The first kappa shape index (κ1) is 14.9. The highest BCUT2D eigenvalue weighted by Gasteiger charge is 2.41. The largest absolute Gasteiger partial charge is 0.446 e. The average molecular weight is 291 g/mol. The molecule has 0 radical (unpaired) electrons. The molecule has 0 aliphatic carbocycles. The van der Waals surface area contributed by atoms with Crippen LogP contribution in [0.15, 0.2) is 21.6 Å². The van der Waals surface area contributed by atoms with E-state index < -0.39 is 40.6 Å². The molecule has 0 atom stereocenters. The number of aliphatic hydroxyl groups is 1. The van der Waals surface area contributed by atoms with E-state index in [0.29, 0.717) is 0 Å². The maximum atomic E-state index is 12.5. The first-order valence-corrected chi connectivity index (χ1v) is 6.02. The topological polar surface area (TPSA) is 79.5 Å². The first-order valence-electron chi connectivity index (χ1n) is 4.54. The lowest BCUT2D eigenvalue weighted by atomic mass is 10.4. The zero-order chi connectivity index (χ0) is 14.0. The van der Waals surface area contributed by atoms with Gasteiger partial charge in [0.1, 0.15) is 12.4 Å². The molecule has 0 aliphatic heterocycles. The third-order valence-electron chi connectivity index (χ3n) is 1.87. The van der Waals surface area contributed by atoms with E-state index in [0.717, 1.165) is 12.1 Å². The normalized spacial score (nSPS) is 13.2. The summed E-state index contributed by atoms with van der Waals surface area (Å²) >= 11 is 0. The molecule has 0 amide bonds. The van der Waals surface area contributed by atoms with Crippen LogP contribution >= 0.6 is 0 Å². The minimum absolute atomic E-state index is 0.101. The Kier molecular flexibility index (Phi) is 4.35. The molecule has 5 nitrogen and oxygen atoms in total. The molecule has 2 N–H and O–H groups in total. The van der Waals surface area contributed by atoms with Gasteiger partial charge in [-0.05, 0) is 12.1 Å². The molecule has 18 heavy (non-hydrogen) atoms. The number of aliphatic hydroxyl groups excluding tert-OH is 1. The van der Waals surface area contributed by atoms with Crippen molar-refractivity contribution in [3.63, 3.8) is 0 Å². The van der Waals surface area contributed by atoms with E-state index >= 15 is 0 Å². The highest BCUT2D eigenvalue weighted by molar-refractivity contribution is 7.89. The van der Waals surface area contributed by atoms with Gasteiger partial charge in [-0.25, -0.2) is 21.9 Å². The standard InChI is InChI=1S/C8H9F4NO4S/c9-7(10)8(11,12)4-13-18(15,16)6-2-1-5(3-14)17-6/h1-2,7,13-14H,3-4H2. The second-order valence-corrected chi connectivity index (χ2v) is 4.96. The van der Waals surface area contributed by atoms with Gasteiger partial charge in [-0.3, -0.25) is 0 Å². The molecule has 1 rings (SSSR count). The van der Waals surface area contributed by atoms with Crippen molar-refractivity contribution < 1.29 is 35.5 Å². The molecule has 1 aromatic heterocycles. The Balaban J connectivity index is 2.77. The van der Waals surface area contributed by atoms with Crippen molar-refractivity contribution in [2.24, 2.45) is 0 Å². The quantitative estimate of drug-likeness (QED) is 0.765. The Morgan fingerprint density at radius 1 is 1.39 bits per heavy atom. The van der Waals surface area contributed by atoms with Gasteiger partial charge >= 0.3 is 12.3 Å². The molecule has 104 valence electrons. The minimum atomic E-state index is -4.47. The van der Waals surface area contributed by atoms with Gasteiger partial charge in [0.05, 0.1) is 6.54 Å². The predicted octanol–water partition coefficient (Wildman–Crippen LogP) is 0.951. The number of hydrogen-bond donors (Lipinski definition) is 2. The Labute approximate surface area is 99.5 Å². The van der Waals surface area contributed by atoms with Crippen molar-refractivity contribution in [1.82, 2.24) is 4.72 Å². The van der Waals surface area contributed by atoms with E-state index in [4.69, 9.17) is 5.11 Å². The number of halogens is 4. The minimum Gasteiger partial charge on any atom is -0.446 e. The van der Waals surface area contributed by atoms with Crippen molar-refractivity contribution in [1.29, 1.82) is 0 Å². The Morgan fingerprint density at radius 3 is 2.44 bits per heavy atom. The predicted molar refractivity (Wildman–Crippen MR) is 50.8 cm³/mol. The molecule has 10 heteroatoms. The second kappa shape index (κ2) is 5.24. The maximum absolute atomic E-state index is 12.5. The number of hydrogen-bond acceptors (Lipinski definition) is 4. The molecule has 0 unspecified atom stereocenters. The Hall–Kier alpha value is -1.13. The van der Waals surface area contributed by atoms with E-state index in [1.54, 1.807) is 0 Å². The first-order chi connectivity index (χ1) is 8.19. The average Bonchev–Trinajstić information content (AvgIpc) is 2.75. The smallest absolute Gasteiger partial charge is 0.320 e. The molecule has 1 aromatic rings. The van der Waals surface area contributed by atoms with Gasteiger partial charge in [0.15, 0.2) is 0 Å². The molecule has 0 saturated heterocycles. The van der Waals surface area contributed by atoms with Gasteiger partial charge in [-0.15, -0.1) is 0 Å². The van der Waals surface area contributed by atoms with Crippen LogP contribution in [0, 0.1) is 0 Å². The van der Waals surface area contributed by atoms with Crippen LogP contribution in [-0.4, -0.2) is 32.4 Å². The molecular weight excluding hydrogens is 282 g/mol. The molecule has 1 heterocycles. The fourth-order valence-corrected chi connectivity index (χ4v) is 1.92. The van der Waals surface area contributed by atoms with Gasteiger partial charge in [0.2, 0.25) is 5.09 Å². The van der Waals surface area contributed by atoms with E-state index in [-0.39, 0.29) is 5.76 Å².